The molecule has 0 unspecified atom stereocenters. The van der Waals surface area contributed by atoms with Gasteiger partial charge in [0.15, 0.2) is 0 Å². The van der Waals surface area contributed by atoms with Gasteiger partial charge in [-0.15, -0.1) is 11.6 Å². The lowest BCUT2D eigenvalue weighted by atomic mass is 10.2. The van der Waals surface area contributed by atoms with Crippen LogP contribution >= 0.6 is 11.6 Å². The van der Waals surface area contributed by atoms with E-state index in [2.05, 4.69) is 0 Å². The van der Waals surface area contributed by atoms with Crippen molar-refractivity contribution in [3.05, 3.63) is 42.0 Å². The van der Waals surface area contributed by atoms with Gasteiger partial charge < -0.3 is 0 Å². The van der Waals surface area contributed by atoms with Gasteiger partial charge in [0.25, 0.3) is 11.8 Å². The smallest absolute Gasteiger partial charge is 0.258 e. The first-order chi connectivity index (χ1) is 7.24. The maximum Gasteiger partial charge on any atom is 0.258 e. The molecule has 0 saturated heterocycles. The quantitative estimate of drug-likeness (QED) is 0.565. The Labute approximate surface area is 91.9 Å². The van der Waals surface area contributed by atoms with E-state index in [0.717, 1.165) is 10.5 Å². The molecule has 1 heterocycles. The van der Waals surface area contributed by atoms with E-state index in [9.17, 15) is 9.59 Å². The monoisotopic (exact) mass is 221 g/mol. The maximum absolute atomic E-state index is 11.4. The second-order valence-corrected chi connectivity index (χ2v) is 3.37. The summed E-state index contributed by atoms with van der Waals surface area (Å²) in [7, 11) is 0. The van der Waals surface area contributed by atoms with E-state index in [1.54, 1.807) is 18.2 Å². The Morgan fingerprint density at radius 1 is 1.07 bits per heavy atom. The number of alkyl halides is 1. The van der Waals surface area contributed by atoms with Crippen molar-refractivity contribution in [1.82, 2.24) is 0 Å². The third-order valence-electron chi connectivity index (χ3n) is 2.19. The van der Waals surface area contributed by atoms with Crippen molar-refractivity contribution in [3.8, 4) is 0 Å². The Morgan fingerprint density at radius 3 is 2.27 bits per heavy atom. The molecule has 76 valence electrons. The average molecular weight is 222 g/mol. The highest BCUT2D eigenvalue weighted by Gasteiger charge is 2.26. The molecule has 0 saturated carbocycles. The van der Waals surface area contributed by atoms with E-state index >= 15 is 0 Å². The summed E-state index contributed by atoms with van der Waals surface area (Å²) in [5, 5.41) is 0. The number of imide groups is 1. The number of halogens is 1. The van der Waals surface area contributed by atoms with Gasteiger partial charge in [-0.25, -0.2) is 4.90 Å². The summed E-state index contributed by atoms with van der Waals surface area (Å²) >= 11 is 5.74. The van der Waals surface area contributed by atoms with E-state index in [0.29, 0.717) is 5.69 Å². The summed E-state index contributed by atoms with van der Waals surface area (Å²) in [5.74, 6) is -0.372. The molecule has 0 fully saturated rings. The van der Waals surface area contributed by atoms with Crippen LogP contribution in [0.15, 0.2) is 36.4 Å². The number of carbonyl (C=O) groups excluding carboxylic acids is 2. The van der Waals surface area contributed by atoms with Gasteiger partial charge in [0.1, 0.15) is 0 Å². The molecule has 4 heteroatoms. The van der Waals surface area contributed by atoms with Gasteiger partial charge in [-0.05, 0) is 11.6 Å². The average Bonchev–Trinajstić information content (AvgIpc) is 2.59. The van der Waals surface area contributed by atoms with Crippen LogP contribution in [-0.2, 0) is 15.5 Å². The molecule has 2 amide bonds. The van der Waals surface area contributed by atoms with Crippen LogP contribution in [0.25, 0.3) is 0 Å². The number of para-hydroxylation sites is 1. The minimum Gasteiger partial charge on any atom is -0.269 e. The van der Waals surface area contributed by atoms with Crippen molar-refractivity contribution in [3.63, 3.8) is 0 Å². The van der Waals surface area contributed by atoms with Crippen LogP contribution < -0.4 is 4.90 Å². The Morgan fingerprint density at radius 2 is 1.67 bits per heavy atom. The molecule has 0 N–H and O–H groups in total. The standard InChI is InChI=1S/C11H8ClNO2/c12-7-8-3-1-2-4-9(8)13-10(14)5-6-11(13)15/h1-6H,7H2. The molecule has 0 spiro atoms. The van der Waals surface area contributed by atoms with Gasteiger partial charge in [0, 0.05) is 18.0 Å². The Kier molecular flexibility index (Phi) is 2.56. The second kappa shape index (κ2) is 3.87. The zero-order valence-corrected chi connectivity index (χ0v) is 8.57. The number of nitrogens with zero attached hydrogens (tertiary/aromatic N) is 1. The van der Waals surface area contributed by atoms with E-state index in [1.165, 1.54) is 12.2 Å². The SMILES string of the molecule is O=C1C=CC(=O)N1c1ccccc1CCl. The van der Waals surface area contributed by atoms with Gasteiger partial charge in [-0.1, -0.05) is 18.2 Å². The Bertz CT molecular complexity index is 436. The van der Waals surface area contributed by atoms with Gasteiger partial charge in [0.05, 0.1) is 5.69 Å². The van der Waals surface area contributed by atoms with Crippen molar-refractivity contribution in [2.75, 3.05) is 4.90 Å². The lowest BCUT2D eigenvalue weighted by Crippen LogP contribution is -2.30. The number of rotatable bonds is 2. The largest absolute Gasteiger partial charge is 0.269 e. The van der Waals surface area contributed by atoms with Crippen LogP contribution in [0.3, 0.4) is 0 Å². The second-order valence-electron chi connectivity index (χ2n) is 3.11. The minimum absolute atomic E-state index is 0.271. The van der Waals surface area contributed by atoms with Crippen LogP contribution in [0.4, 0.5) is 5.69 Å². The third-order valence-corrected chi connectivity index (χ3v) is 2.47. The molecule has 0 bridgehead atoms. The number of anilines is 1. The maximum atomic E-state index is 11.4. The van der Waals surface area contributed by atoms with Gasteiger partial charge in [-0.3, -0.25) is 9.59 Å². The van der Waals surface area contributed by atoms with Crippen LogP contribution in [-0.4, -0.2) is 11.8 Å². The summed E-state index contributed by atoms with van der Waals surface area (Å²) in [6.07, 6.45) is 2.51. The van der Waals surface area contributed by atoms with Gasteiger partial charge in [-0.2, -0.15) is 0 Å². The summed E-state index contributed by atoms with van der Waals surface area (Å²) in [6.45, 7) is 0. The highest BCUT2D eigenvalue weighted by molar-refractivity contribution is 6.28. The molecular weight excluding hydrogens is 214 g/mol. The molecular formula is C11H8ClNO2. The molecule has 0 radical (unpaired) electrons. The van der Waals surface area contributed by atoms with Crippen molar-refractivity contribution in [2.45, 2.75) is 5.88 Å². The molecule has 0 aliphatic carbocycles. The van der Waals surface area contributed by atoms with E-state index in [1.807, 2.05) is 6.07 Å². The Balaban J connectivity index is 2.45. The van der Waals surface area contributed by atoms with E-state index in [4.69, 9.17) is 11.6 Å². The topological polar surface area (TPSA) is 37.4 Å². The van der Waals surface area contributed by atoms with Crippen LogP contribution in [0.5, 0.6) is 0 Å². The first-order valence-corrected chi connectivity index (χ1v) is 4.97. The van der Waals surface area contributed by atoms with Crippen molar-refractivity contribution < 1.29 is 9.59 Å². The summed E-state index contributed by atoms with van der Waals surface area (Å²) in [4.78, 5) is 24.0. The first-order valence-electron chi connectivity index (χ1n) is 4.44. The molecule has 2 rings (SSSR count). The van der Waals surface area contributed by atoms with Gasteiger partial charge in [0.2, 0.25) is 0 Å². The fraction of sp³-hybridized carbons (Fsp3) is 0.0909. The molecule has 0 aromatic heterocycles. The normalized spacial score (nSPS) is 15.1. The summed E-state index contributed by atoms with van der Waals surface area (Å²) in [5.41, 5.74) is 1.33. The molecule has 1 aromatic carbocycles. The minimum atomic E-state index is -0.322. The number of hydrogen-bond acceptors (Lipinski definition) is 2. The number of carbonyl (C=O) groups is 2. The number of hydrogen-bond donors (Lipinski definition) is 0. The van der Waals surface area contributed by atoms with Crippen molar-refractivity contribution in [1.29, 1.82) is 0 Å². The third kappa shape index (κ3) is 1.66. The summed E-state index contributed by atoms with van der Waals surface area (Å²) < 4.78 is 0. The van der Waals surface area contributed by atoms with Gasteiger partial charge >= 0.3 is 0 Å². The Hall–Kier alpha value is -1.61. The summed E-state index contributed by atoms with van der Waals surface area (Å²) in [6, 6.07) is 7.09. The molecule has 3 nitrogen and oxygen atoms in total. The van der Waals surface area contributed by atoms with Crippen LogP contribution in [0.2, 0.25) is 0 Å². The van der Waals surface area contributed by atoms with Crippen molar-refractivity contribution in [2.24, 2.45) is 0 Å². The van der Waals surface area contributed by atoms with E-state index < -0.39 is 0 Å². The molecule has 15 heavy (non-hydrogen) atoms. The lowest BCUT2D eigenvalue weighted by molar-refractivity contribution is -0.119. The predicted octanol–water partition coefficient (Wildman–Crippen LogP) is 1.85. The predicted molar refractivity (Wildman–Crippen MR) is 57.6 cm³/mol. The van der Waals surface area contributed by atoms with E-state index in [-0.39, 0.29) is 17.7 Å². The highest BCUT2D eigenvalue weighted by atomic mass is 35.5. The van der Waals surface area contributed by atoms with Crippen LogP contribution in [0, 0.1) is 0 Å². The number of benzene rings is 1. The highest BCUT2D eigenvalue weighted by Crippen LogP contribution is 2.24. The molecule has 1 aromatic rings. The fourth-order valence-electron chi connectivity index (χ4n) is 1.48. The fourth-order valence-corrected chi connectivity index (χ4v) is 1.71. The first kappa shape index (κ1) is 9.93. The zero-order valence-electron chi connectivity index (χ0n) is 7.81. The van der Waals surface area contributed by atoms with Crippen molar-refractivity contribution >= 4 is 29.1 Å². The lowest BCUT2D eigenvalue weighted by Gasteiger charge is -2.16. The molecule has 0 atom stereocenters. The molecule has 1 aliphatic heterocycles. The molecule has 1 aliphatic rings. The van der Waals surface area contributed by atoms with Crippen LogP contribution in [0.1, 0.15) is 5.56 Å². The number of amides is 2. The zero-order chi connectivity index (χ0) is 10.8.